The molecular formula is C15H20N2O. The molecule has 0 saturated heterocycles. The minimum Gasteiger partial charge on any atom is -0.361 e. The van der Waals surface area contributed by atoms with Crippen molar-refractivity contribution in [2.24, 2.45) is 0 Å². The van der Waals surface area contributed by atoms with Crippen LogP contribution in [0, 0.1) is 0 Å². The summed E-state index contributed by atoms with van der Waals surface area (Å²) in [6.45, 7) is 4.74. The highest BCUT2D eigenvalue weighted by molar-refractivity contribution is 5.86. The van der Waals surface area contributed by atoms with Gasteiger partial charge in [0, 0.05) is 30.1 Å². The summed E-state index contributed by atoms with van der Waals surface area (Å²) < 4.78 is 0. The van der Waals surface area contributed by atoms with Gasteiger partial charge in [0.05, 0.1) is 0 Å². The maximum Gasteiger partial charge on any atom is 0.219 e. The second-order valence-electron chi connectivity index (χ2n) is 4.46. The average Bonchev–Trinajstić information content (AvgIpc) is 2.82. The normalized spacial score (nSPS) is 10.8. The number of carbonyl (C=O) groups excluding carboxylic acids is 1. The second kappa shape index (κ2) is 5.71. The van der Waals surface area contributed by atoms with E-state index >= 15 is 0 Å². The number of rotatable bonds is 5. The molecular weight excluding hydrogens is 224 g/mol. The third-order valence-electron chi connectivity index (χ3n) is 3.31. The Hall–Kier alpha value is -1.77. The molecule has 0 radical (unpaired) electrons. The fourth-order valence-electron chi connectivity index (χ4n) is 2.24. The fraction of sp³-hybridized carbons (Fsp3) is 0.400. The summed E-state index contributed by atoms with van der Waals surface area (Å²) in [5.74, 6) is 0.115. The van der Waals surface area contributed by atoms with Crippen molar-refractivity contribution in [3.8, 4) is 0 Å². The lowest BCUT2D eigenvalue weighted by molar-refractivity contribution is -0.120. The van der Waals surface area contributed by atoms with E-state index in [1.807, 2.05) is 6.92 Å². The summed E-state index contributed by atoms with van der Waals surface area (Å²) in [7, 11) is 0. The number of carbonyl (C=O) groups is 1. The lowest BCUT2D eigenvalue weighted by Gasteiger charge is -2.03. The molecule has 2 N–H and O–H groups in total. The number of nitrogens with one attached hydrogen (secondary N) is 2. The van der Waals surface area contributed by atoms with Gasteiger partial charge in [-0.05, 0) is 24.0 Å². The molecule has 1 amide bonds. The maximum atomic E-state index is 11.2. The van der Waals surface area contributed by atoms with Gasteiger partial charge in [0.25, 0.3) is 0 Å². The molecule has 1 aromatic heterocycles. The number of aromatic amines is 1. The van der Waals surface area contributed by atoms with Gasteiger partial charge in [-0.3, -0.25) is 4.79 Å². The van der Waals surface area contributed by atoms with Gasteiger partial charge >= 0.3 is 0 Å². The van der Waals surface area contributed by atoms with E-state index in [9.17, 15) is 4.79 Å². The molecule has 2 aromatic rings. The number of hydrogen-bond donors (Lipinski definition) is 2. The maximum absolute atomic E-state index is 11.2. The molecule has 96 valence electrons. The van der Waals surface area contributed by atoms with E-state index in [4.69, 9.17) is 0 Å². The first-order valence-electron chi connectivity index (χ1n) is 6.60. The molecule has 2 rings (SSSR count). The molecule has 0 saturated carbocycles. The molecule has 1 heterocycles. The van der Waals surface area contributed by atoms with Crippen molar-refractivity contribution in [3.63, 3.8) is 0 Å². The number of H-pyrrole nitrogens is 1. The van der Waals surface area contributed by atoms with Gasteiger partial charge in [0.15, 0.2) is 0 Å². The van der Waals surface area contributed by atoms with Crippen LogP contribution in [0.15, 0.2) is 24.4 Å². The molecule has 0 fully saturated rings. The number of benzene rings is 1. The van der Waals surface area contributed by atoms with Crippen LogP contribution in [-0.4, -0.2) is 17.4 Å². The zero-order valence-corrected chi connectivity index (χ0v) is 11.0. The van der Waals surface area contributed by atoms with Gasteiger partial charge in [-0.15, -0.1) is 0 Å². The van der Waals surface area contributed by atoms with E-state index in [1.54, 1.807) is 0 Å². The fourth-order valence-corrected chi connectivity index (χ4v) is 2.24. The van der Waals surface area contributed by atoms with E-state index in [0.29, 0.717) is 13.0 Å². The van der Waals surface area contributed by atoms with Gasteiger partial charge in [0.2, 0.25) is 5.91 Å². The highest BCUT2D eigenvalue weighted by Crippen LogP contribution is 2.22. The van der Waals surface area contributed by atoms with Crippen molar-refractivity contribution in [1.29, 1.82) is 0 Å². The second-order valence-corrected chi connectivity index (χ2v) is 4.46. The number of aryl methyl sites for hydroxylation is 1. The van der Waals surface area contributed by atoms with Crippen molar-refractivity contribution in [2.75, 3.05) is 6.54 Å². The zero-order chi connectivity index (χ0) is 13.0. The molecule has 18 heavy (non-hydrogen) atoms. The Kier molecular flexibility index (Phi) is 4.03. The van der Waals surface area contributed by atoms with Gasteiger partial charge in [-0.2, -0.15) is 0 Å². The lowest BCUT2D eigenvalue weighted by atomic mass is 10.1. The minimum absolute atomic E-state index is 0.115. The average molecular weight is 244 g/mol. The highest BCUT2D eigenvalue weighted by Gasteiger charge is 2.06. The van der Waals surface area contributed by atoms with Gasteiger partial charge < -0.3 is 10.3 Å². The molecule has 1 aromatic carbocycles. The van der Waals surface area contributed by atoms with Crippen LogP contribution in [0.3, 0.4) is 0 Å². The molecule has 3 heteroatoms. The first-order chi connectivity index (χ1) is 8.76. The number of aromatic nitrogens is 1. The van der Waals surface area contributed by atoms with Gasteiger partial charge in [-0.1, -0.05) is 32.0 Å². The van der Waals surface area contributed by atoms with Crippen molar-refractivity contribution >= 4 is 16.8 Å². The summed E-state index contributed by atoms with van der Waals surface area (Å²) in [5.41, 5.74) is 3.85. The first-order valence-corrected chi connectivity index (χ1v) is 6.60. The molecule has 3 nitrogen and oxygen atoms in total. The van der Waals surface area contributed by atoms with Crippen molar-refractivity contribution in [1.82, 2.24) is 10.3 Å². The van der Waals surface area contributed by atoms with Crippen LogP contribution in [-0.2, 0) is 17.6 Å². The van der Waals surface area contributed by atoms with Crippen LogP contribution < -0.4 is 5.32 Å². The number of hydrogen-bond acceptors (Lipinski definition) is 1. The molecule has 0 atom stereocenters. The van der Waals surface area contributed by atoms with Crippen molar-refractivity contribution in [3.05, 3.63) is 35.5 Å². The SMILES string of the molecule is CCC(=O)NCCc1c[nH]c2c(CC)cccc12. The lowest BCUT2D eigenvalue weighted by Crippen LogP contribution is -2.24. The quantitative estimate of drug-likeness (QED) is 0.834. The Labute approximate surface area is 108 Å². The van der Waals surface area contributed by atoms with E-state index in [2.05, 4.69) is 41.6 Å². The molecule has 0 aliphatic rings. The van der Waals surface area contributed by atoms with E-state index in [0.717, 1.165) is 12.8 Å². The van der Waals surface area contributed by atoms with Crippen molar-refractivity contribution in [2.45, 2.75) is 33.1 Å². The Balaban J connectivity index is 2.12. The third kappa shape index (κ3) is 2.55. The Morgan fingerprint density at radius 2 is 2.11 bits per heavy atom. The number of amides is 1. The topological polar surface area (TPSA) is 44.9 Å². The highest BCUT2D eigenvalue weighted by atomic mass is 16.1. The van der Waals surface area contributed by atoms with E-state index < -0.39 is 0 Å². The minimum atomic E-state index is 0.115. The van der Waals surface area contributed by atoms with Crippen LogP contribution >= 0.6 is 0 Å². The summed E-state index contributed by atoms with van der Waals surface area (Å²) >= 11 is 0. The van der Waals surface area contributed by atoms with E-state index in [-0.39, 0.29) is 5.91 Å². The molecule has 0 aliphatic heterocycles. The van der Waals surface area contributed by atoms with Gasteiger partial charge in [-0.25, -0.2) is 0 Å². The number of fused-ring (bicyclic) bond motifs is 1. The molecule has 0 bridgehead atoms. The molecule has 0 spiro atoms. The largest absolute Gasteiger partial charge is 0.361 e. The Bertz CT molecular complexity index is 542. The molecule has 0 aliphatic carbocycles. The Morgan fingerprint density at radius 3 is 2.83 bits per heavy atom. The van der Waals surface area contributed by atoms with Crippen LogP contribution in [0.5, 0.6) is 0 Å². The Morgan fingerprint density at radius 1 is 1.28 bits per heavy atom. The van der Waals surface area contributed by atoms with Crippen LogP contribution in [0.4, 0.5) is 0 Å². The third-order valence-corrected chi connectivity index (χ3v) is 3.31. The predicted molar refractivity (Wildman–Crippen MR) is 74.7 cm³/mol. The van der Waals surface area contributed by atoms with Crippen LogP contribution in [0.25, 0.3) is 10.9 Å². The van der Waals surface area contributed by atoms with E-state index in [1.165, 1.54) is 22.0 Å². The summed E-state index contributed by atoms with van der Waals surface area (Å²) in [6.07, 6.45) is 4.51. The monoisotopic (exact) mass is 244 g/mol. The summed E-state index contributed by atoms with van der Waals surface area (Å²) in [4.78, 5) is 14.5. The smallest absolute Gasteiger partial charge is 0.219 e. The number of para-hydroxylation sites is 1. The van der Waals surface area contributed by atoms with Crippen LogP contribution in [0.1, 0.15) is 31.4 Å². The predicted octanol–water partition coefficient (Wildman–Crippen LogP) is 2.80. The standard InChI is InChI=1S/C15H20N2O/c1-3-11-6-5-7-13-12(10-17-15(11)13)8-9-16-14(18)4-2/h5-7,10,17H,3-4,8-9H2,1-2H3,(H,16,18). The first kappa shape index (κ1) is 12.7. The zero-order valence-electron chi connectivity index (χ0n) is 11.0. The molecule has 0 unspecified atom stereocenters. The van der Waals surface area contributed by atoms with Crippen molar-refractivity contribution < 1.29 is 4.79 Å². The van der Waals surface area contributed by atoms with Gasteiger partial charge in [0.1, 0.15) is 0 Å². The van der Waals surface area contributed by atoms with Crippen LogP contribution in [0.2, 0.25) is 0 Å². The summed E-state index contributed by atoms with van der Waals surface area (Å²) in [6, 6.07) is 6.40. The summed E-state index contributed by atoms with van der Waals surface area (Å²) in [5, 5.41) is 4.19.